The topological polar surface area (TPSA) is 75.2 Å². The van der Waals surface area contributed by atoms with Crippen LogP contribution in [0.5, 0.6) is 5.75 Å². The first-order chi connectivity index (χ1) is 10.7. The van der Waals surface area contributed by atoms with Crippen molar-refractivity contribution >= 4 is 5.97 Å². The number of carbonyl (C=O) groups is 1. The van der Waals surface area contributed by atoms with Crippen molar-refractivity contribution in [3.63, 3.8) is 0 Å². The van der Waals surface area contributed by atoms with Crippen molar-refractivity contribution in [2.24, 2.45) is 0 Å². The SMILES string of the molecule is COc1ccc(-c2nc(-c3ccccc3)[nH]c2C(=O)O)cc1. The van der Waals surface area contributed by atoms with E-state index >= 15 is 0 Å². The molecule has 0 saturated carbocycles. The largest absolute Gasteiger partial charge is 0.497 e. The highest BCUT2D eigenvalue weighted by atomic mass is 16.5. The number of nitrogens with zero attached hydrogens (tertiary/aromatic N) is 1. The Morgan fingerprint density at radius 1 is 1.05 bits per heavy atom. The highest BCUT2D eigenvalue weighted by Crippen LogP contribution is 2.27. The molecule has 0 spiro atoms. The van der Waals surface area contributed by atoms with Crippen molar-refractivity contribution in [1.82, 2.24) is 9.97 Å². The van der Waals surface area contributed by atoms with E-state index in [1.54, 1.807) is 31.4 Å². The molecule has 0 bridgehead atoms. The Morgan fingerprint density at radius 2 is 1.73 bits per heavy atom. The number of H-pyrrole nitrogens is 1. The summed E-state index contributed by atoms with van der Waals surface area (Å²) in [6, 6.07) is 16.5. The van der Waals surface area contributed by atoms with Crippen LogP contribution >= 0.6 is 0 Å². The van der Waals surface area contributed by atoms with E-state index in [4.69, 9.17) is 4.74 Å². The van der Waals surface area contributed by atoms with Gasteiger partial charge in [0.25, 0.3) is 0 Å². The van der Waals surface area contributed by atoms with Crippen LogP contribution in [0.4, 0.5) is 0 Å². The van der Waals surface area contributed by atoms with E-state index in [0.29, 0.717) is 17.3 Å². The Balaban J connectivity index is 2.09. The Labute approximate surface area is 127 Å². The number of imidazole rings is 1. The summed E-state index contributed by atoms with van der Waals surface area (Å²) in [5.74, 6) is 0.198. The minimum Gasteiger partial charge on any atom is -0.497 e. The average Bonchev–Trinajstić information content (AvgIpc) is 3.01. The molecule has 0 atom stereocenters. The lowest BCUT2D eigenvalue weighted by Crippen LogP contribution is -1.99. The summed E-state index contributed by atoms with van der Waals surface area (Å²) in [6.45, 7) is 0. The Kier molecular flexibility index (Phi) is 3.62. The van der Waals surface area contributed by atoms with Crippen LogP contribution in [0.2, 0.25) is 0 Å². The number of aromatic carboxylic acids is 1. The molecular formula is C17H14N2O3. The summed E-state index contributed by atoms with van der Waals surface area (Å²) in [4.78, 5) is 18.8. The van der Waals surface area contributed by atoms with Gasteiger partial charge in [-0.25, -0.2) is 9.78 Å². The number of rotatable bonds is 4. The molecule has 0 aliphatic carbocycles. The van der Waals surface area contributed by atoms with Gasteiger partial charge in [-0.3, -0.25) is 0 Å². The molecule has 22 heavy (non-hydrogen) atoms. The molecule has 1 aromatic heterocycles. The predicted molar refractivity (Wildman–Crippen MR) is 83.0 cm³/mol. The van der Waals surface area contributed by atoms with Crippen molar-refractivity contribution in [3.05, 3.63) is 60.3 Å². The minimum absolute atomic E-state index is 0.0732. The number of nitrogens with one attached hydrogen (secondary N) is 1. The monoisotopic (exact) mass is 294 g/mol. The van der Waals surface area contributed by atoms with Crippen LogP contribution in [0.3, 0.4) is 0 Å². The molecule has 3 aromatic rings. The molecule has 0 saturated heterocycles. The van der Waals surface area contributed by atoms with Crippen LogP contribution in [0.1, 0.15) is 10.5 Å². The third-order valence-corrected chi connectivity index (χ3v) is 3.33. The molecule has 1 heterocycles. The van der Waals surface area contributed by atoms with Gasteiger partial charge in [-0.1, -0.05) is 30.3 Å². The first-order valence-corrected chi connectivity index (χ1v) is 6.72. The standard InChI is InChI=1S/C17H14N2O3/c1-22-13-9-7-11(8-10-13)14-15(17(20)21)19-16(18-14)12-5-3-2-4-6-12/h2-10H,1H3,(H,18,19)(H,20,21). The van der Waals surface area contributed by atoms with E-state index in [9.17, 15) is 9.90 Å². The number of ether oxygens (including phenoxy) is 1. The molecule has 2 aromatic carbocycles. The lowest BCUT2D eigenvalue weighted by Gasteiger charge is -2.01. The van der Waals surface area contributed by atoms with E-state index in [-0.39, 0.29) is 5.69 Å². The van der Waals surface area contributed by atoms with Crippen LogP contribution in [0.25, 0.3) is 22.6 Å². The Morgan fingerprint density at radius 3 is 2.32 bits per heavy atom. The average molecular weight is 294 g/mol. The molecular weight excluding hydrogens is 280 g/mol. The van der Waals surface area contributed by atoms with E-state index in [0.717, 1.165) is 11.1 Å². The zero-order valence-corrected chi connectivity index (χ0v) is 11.9. The third kappa shape index (κ3) is 2.56. The molecule has 3 rings (SSSR count). The number of aromatic amines is 1. The van der Waals surface area contributed by atoms with Gasteiger partial charge < -0.3 is 14.8 Å². The van der Waals surface area contributed by atoms with E-state index in [1.807, 2.05) is 30.3 Å². The molecule has 0 aliphatic heterocycles. The molecule has 5 heteroatoms. The van der Waals surface area contributed by atoms with Crippen molar-refractivity contribution in [1.29, 1.82) is 0 Å². The van der Waals surface area contributed by atoms with Gasteiger partial charge >= 0.3 is 5.97 Å². The van der Waals surface area contributed by atoms with Crippen molar-refractivity contribution in [2.45, 2.75) is 0 Å². The fourth-order valence-electron chi connectivity index (χ4n) is 2.22. The van der Waals surface area contributed by atoms with Gasteiger partial charge in [0.15, 0.2) is 5.69 Å². The molecule has 0 radical (unpaired) electrons. The number of benzene rings is 2. The number of aromatic nitrogens is 2. The van der Waals surface area contributed by atoms with Crippen LogP contribution < -0.4 is 4.74 Å². The van der Waals surface area contributed by atoms with E-state index < -0.39 is 5.97 Å². The van der Waals surface area contributed by atoms with Gasteiger partial charge in [0.2, 0.25) is 0 Å². The molecule has 0 aliphatic rings. The minimum atomic E-state index is -1.04. The molecule has 2 N–H and O–H groups in total. The number of carboxylic acid groups (broad SMARTS) is 1. The quantitative estimate of drug-likeness (QED) is 0.772. The second-order valence-corrected chi connectivity index (χ2v) is 4.71. The van der Waals surface area contributed by atoms with Gasteiger partial charge in [0.1, 0.15) is 17.3 Å². The van der Waals surface area contributed by atoms with Crippen LogP contribution in [0.15, 0.2) is 54.6 Å². The van der Waals surface area contributed by atoms with Crippen molar-refractivity contribution in [3.8, 4) is 28.4 Å². The third-order valence-electron chi connectivity index (χ3n) is 3.33. The maximum Gasteiger partial charge on any atom is 0.354 e. The normalized spacial score (nSPS) is 10.4. The van der Waals surface area contributed by atoms with Crippen molar-refractivity contribution < 1.29 is 14.6 Å². The first kappa shape index (κ1) is 13.9. The fourth-order valence-corrected chi connectivity index (χ4v) is 2.22. The highest BCUT2D eigenvalue weighted by molar-refractivity contribution is 5.94. The fraction of sp³-hybridized carbons (Fsp3) is 0.0588. The summed E-state index contributed by atoms with van der Waals surface area (Å²) in [7, 11) is 1.58. The van der Waals surface area contributed by atoms with E-state index in [1.165, 1.54) is 0 Å². The maximum absolute atomic E-state index is 11.5. The molecule has 110 valence electrons. The second kappa shape index (κ2) is 5.73. The molecule has 0 unspecified atom stereocenters. The summed E-state index contributed by atoms with van der Waals surface area (Å²) in [5, 5.41) is 9.39. The van der Waals surface area contributed by atoms with Gasteiger partial charge in [-0.15, -0.1) is 0 Å². The molecule has 5 nitrogen and oxygen atoms in total. The summed E-state index contributed by atoms with van der Waals surface area (Å²) < 4.78 is 5.11. The lowest BCUT2D eigenvalue weighted by molar-refractivity contribution is 0.0692. The van der Waals surface area contributed by atoms with Gasteiger partial charge in [-0.2, -0.15) is 0 Å². The summed E-state index contributed by atoms with van der Waals surface area (Å²) in [6.07, 6.45) is 0. The summed E-state index contributed by atoms with van der Waals surface area (Å²) >= 11 is 0. The maximum atomic E-state index is 11.5. The zero-order chi connectivity index (χ0) is 15.5. The molecule has 0 amide bonds. The van der Waals surface area contributed by atoms with E-state index in [2.05, 4.69) is 9.97 Å². The first-order valence-electron chi connectivity index (χ1n) is 6.72. The Hall–Kier alpha value is -3.08. The van der Waals surface area contributed by atoms with Crippen molar-refractivity contribution in [2.75, 3.05) is 7.11 Å². The van der Waals surface area contributed by atoms with Crippen LogP contribution in [-0.2, 0) is 0 Å². The number of methoxy groups -OCH3 is 1. The van der Waals surface area contributed by atoms with Gasteiger partial charge in [-0.05, 0) is 24.3 Å². The predicted octanol–water partition coefficient (Wildman–Crippen LogP) is 3.45. The number of carboxylic acids is 1. The smallest absolute Gasteiger partial charge is 0.354 e. The van der Waals surface area contributed by atoms with Gasteiger partial charge in [0, 0.05) is 11.1 Å². The van der Waals surface area contributed by atoms with Crippen LogP contribution in [-0.4, -0.2) is 28.2 Å². The second-order valence-electron chi connectivity index (χ2n) is 4.71. The number of hydrogen-bond acceptors (Lipinski definition) is 3. The van der Waals surface area contributed by atoms with Gasteiger partial charge in [0.05, 0.1) is 7.11 Å². The van der Waals surface area contributed by atoms with Crippen LogP contribution in [0, 0.1) is 0 Å². The zero-order valence-electron chi connectivity index (χ0n) is 11.9. The Bertz CT molecular complexity index is 793. The summed E-state index contributed by atoms with van der Waals surface area (Å²) in [5.41, 5.74) is 2.04. The lowest BCUT2D eigenvalue weighted by atomic mass is 10.1. The highest BCUT2D eigenvalue weighted by Gasteiger charge is 2.18. The molecule has 0 fully saturated rings. The number of hydrogen-bond donors (Lipinski definition) is 2.